The number of ether oxygens (including phenoxy) is 3. The molecule has 0 fully saturated rings. The van der Waals surface area contributed by atoms with Crippen LogP contribution in [-0.4, -0.2) is 47.7 Å². The first-order valence-corrected chi connectivity index (χ1v) is 9.19. The minimum atomic E-state index is -0.387. The van der Waals surface area contributed by atoms with Crippen molar-refractivity contribution in [3.8, 4) is 22.9 Å². The lowest BCUT2D eigenvalue weighted by Gasteiger charge is -2.06. The third-order valence-corrected chi connectivity index (χ3v) is 4.48. The molecule has 1 N–H and O–H groups in total. The highest BCUT2D eigenvalue weighted by Gasteiger charge is 2.08. The molecule has 0 spiro atoms. The third kappa shape index (κ3) is 5.01. The second-order valence-corrected chi connectivity index (χ2v) is 6.47. The van der Waals surface area contributed by atoms with Gasteiger partial charge in [0.25, 0.3) is 0 Å². The van der Waals surface area contributed by atoms with Crippen LogP contribution in [-0.2, 0) is 4.74 Å². The van der Waals surface area contributed by atoms with Crippen LogP contribution >= 0.6 is 11.8 Å². The molecule has 0 saturated carbocycles. The molecule has 3 rings (SSSR count). The molecule has 0 aliphatic rings. The highest BCUT2D eigenvalue weighted by Crippen LogP contribution is 2.22. The Hall–Kier alpha value is -3.00. The van der Waals surface area contributed by atoms with Crippen LogP contribution in [0, 0.1) is 0 Å². The first kappa shape index (κ1) is 18.8. The van der Waals surface area contributed by atoms with Crippen molar-refractivity contribution in [3.63, 3.8) is 0 Å². The molecule has 2 aromatic carbocycles. The summed E-state index contributed by atoms with van der Waals surface area (Å²) in [5, 5.41) is 7.78. The molecule has 1 aromatic heterocycles. The average molecular weight is 385 g/mol. The summed E-state index contributed by atoms with van der Waals surface area (Å²) < 4.78 is 15.5. The normalized spacial score (nSPS) is 10.4. The molecule has 3 aromatic rings. The number of H-pyrrole nitrogens is 1. The number of aromatic amines is 1. The standard InChI is InChI=1S/C19H19N3O4S/c1-24-15-8-6-13(7-9-15)17-20-19(22-21-17)27-11-10-26-16-5-3-4-14(12-16)18(23)25-2/h3-9,12H,10-11H2,1-2H3,(H,20,21,22). The number of methoxy groups -OCH3 is 2. The third-order valence-electron chi connectivity index (χ3n) is 3.67. The molecule has 0 amide bonds. The summed E-state index contributed by atoms with van der Waals surface area (Å²) in [6.07, 6.45) is 0. The number of benzene rings is 2. The van der Waals surface area contributed by atoms with E-state index in [2.05, 4.69) is 15.2 Å². The Bertz CT molecular complexity index is 896. The number of thioether (sulfide) groups is 1. The summed E-state index contributed by atoms with van der Waals surface area (Å²) in [7, 11) is 2.98. The Kier molecular flexibility index (Phi) is 6.32. The van der Waals surface area contributed by atoms with Crippen molar-refractivity contribution < 1.29 is 19.0 Å². The van der Waals surface area contributed by atoms with E-state index in [0.717, 1.165) is 11.3 Å². The first-order valence-electron chi connectivity index (χ1n) is 8.20. The van der Waals surface area contributed by atoms with Gasteiger partial charge in [-0.05, 0) is 42.5 Å². The van der Waals surface area contributed by atoms with Crippen molar-refractivity contribution in [2.45, 2.75) is 5.16 Å². The van der Waals surface area contributed by atoms with Crippen molar-refractivity contribution in [3.05, 3.63) is 54.1 Å². The molecule has 27 heavy (non-hydrogen) atoms. The fourth-order valence-electron chi connectivity index (χ4n) is 2.31. The minimum absolute atomic E-state index is 0.387. The summed E-state index contributed by atoms with van der Waals surface area (Å²) in [6, 6.07) is 14.5. The highest BCUT2D eigenvalue weighted by molar-refractivity contribution is 7.99. The van der Waals surface area contributed by atoms with Gasteiger partial charge in [-0.25, -0.2) is 9.78 Å². The minimum Gasteiger partial charge on any atom is -0.497 e. The maximum atomic E-state index is 11.5. The van der Waals surface area contributed by atoms with E-state index in [1.807, 2.05) is 24.3 Å². The number of hydrogen-bond donors (Lipinski definition) is 1. The van der Waals surface area contributed by atoms with Gasteiger partial charge in [-0.15, -0.1) is 5.10 Å². The summed E-state index contributed by atoms with van der Waals surface area (Å²) in [4.78, 5) is 16.0. The zero-order valence-corrected chi connectivity index (χ0v) is 15.8. The largest absolute Gasteiger partial charge is 0.497 e. The monoisotopic (exact) mass is 385 g/mol. The molecule has 8 heteroatoms. The van der Waals surface area contributed by atoms with Crippen LogP contribution < -0.4 is 9.47 Å². The number of carbonyl (C=O) groups is 1. The second-order valence-electron chi connectivity index (χ2n) is 5.41. The zero-order chi connectivity index (χ0) is 19.1. The van der Waals surface area contributed by atoms with Crippen molar-refractivity contribution >= 4 is 17.7 Å². The quantitative estimate of drug-likeness (QED) is 0.361. The van der Waals surface area contributed by atoms with E-state index in [1.165, 1.54) is 18.9 Å². The molecule has 7 nitrogen and oxygen atoms in total. The number of esters is 1. The molecule has 0 saturated heterocycles. The topological polar surface area (TPSA) is 86.3 Å². The Balaban J connectivity index is 1.50. The molecule has 0 atom stereocenters. The average Bonchev–Trinajstić information content (AvgIpc) is 3.20. The predicted octanol–water partition coefficient (Wildman–Crippen LogP) is 3.44. The van der Waals surface area contributed by atoms with Crippen LogP contribution in [0.4, 0.5) is 0 Å². The van der Waals surface area contributed by atoms with E-state index in [9.17, 15) is 4.79 Å². The van der Waals surface area contributed by atoms with Crippen molar-refractivity contribution in [1.82, 2.24) is 15.2 Å². The van der Waals surface area contributed by atoms with Crippen LogP contribution in [0.15, 0.2) is 53.7 Å². The molecule has 0 bridgehead atoms. The van der Waals surface area contributed by atoms with E-state index in [4.69, 9.17) is 14.2 Å². The number of rotatable bonds is 8. The summed E-state index contributed by atoms with van der Waals surface area (Å²) in [5.41, 5.74) is 1.40. The summed E-state index contributed by atoms with van der Waals surface area (Å²) in [6.45, 7) is 0.460. The van der Waals surface area contributed by atoms with Crippen molar-refractivity contribution in [2.75, 3.05) is 26.6 Å². The van der Waals surface area contributed by atoms with Crippen LogP contribution in [0.25, 0.3) is 11.4 Å². The van der Waals surface area contributed by atoms with Gasteiger partial charge in [0.2, 0.25) is 5.16 Å². The Morgan fingerprint density at radius 1 is 1.11 bits per heavy atom. The SMILES string of the molecule is COC(=O)c1cccc(OCCSc2n[nH]c(-c3ccc(OC)cc3)n2)c1. The lowest BCUT2D eigenvalue weighted by molar-refractivity contribution is 0.0600. The van der Waals surface area contributed by atoms with Gasteiger partial charge in [-0.1, -0.05) is 17.8 Å². The van der Waals surface area contributed by atoms with Crippen LogP contribution in [0.3, 0.4) is 0 Å². The fraction of sp³-hybridized carbons (Fsp3) is 0.211. The number of carbonyl (C=O) groups excluding carboxylic acids is 1. The lowest BCUT2D eigenvalue weighted by Crippen LogP contribution is -2.04. The fourth-order valence-corrected chi connectivity index (χ4v) is 2.93. The van der Waals surface area contributed by atoms with Crippen LogP contribution in [0.1, 0.15) is 10.4 Å². The smallest absolute Gasteiger partial charge is 0.337 e. The molecule has 0 aliphatic carbocycles. The molecule has 0 aliphatic heterocycles. The van der Waals surface area contributed by atoms with Gasteiger partial charge < -0.3 is 14.2 Å². The second kappa shape index (κ2) is 9.09. The first-order chi connectivity index (χ1) is 13.2. The van der Waals surface area contributed by atoms with E-state index in [-0.39, 0.29) is 5.97 Å². The van der Waals surface area contributed by atoms with Gasteiger partial charge in [0.1, 0.15) is 11.5 Å². The summed E-state index contributed by atoms with van der Waals surface area (Å²) in [5.74, 6) is 2.39. The maximum Gasteiger partial charge on any atom is 0.337 e. The van der Waals surface area contributed by atoms with Crippen molar-refractivity contribution in [1.29, 1.82) is 0 Å². The number of nitrogens with zero attached hydrogens (tertiary/aromatic N) is 2. The molecular formula is C19H19N3O4S. The number of nitrogens with one attached hydrogen (secondary N) is 1. The molecular weight excluding hydrogens is 366 g/mol. The van der Waals surface area contributed by atoms with Crippen LogP contribution in [0.2, 0.25) is 0 Å². The molecule has 140 valence electrons. The van der Waals surface area contributed by atoms with Gasteiger partial charge >= 0.3 is 5.97 Å². The number of aromatic nitrogens is 3. The lowest BCUT2D eigenvalue weighted by atomic mass is 10.2. The molecule has 0 unspecified atom stereocenters. The molecule has 0 radical (unpaired) electrons. The highest BCUT2D eigenvalue weighted by atomic mass is 32.2. The van der Waals surface area contributed by atoms with Gasteiger partial charge in [0, 0.05) is 11.3 Å². The Morgan fingerprint density at radius 2 is 1.93 bits per heavy atom. The molecule has 1 heterocycles. The van der Waals surface area contributed by atoms with E-state index < -0.39 is 0 Å². The van der Waals surface area contributed by atoms with E-state index in [1.54, 1.807) is 31.4 Å². The summed E-state index contributed by atoms with van der Waals surface area (Å²) >= 11 is 1.48. The zero-order valence-electron chi connectivity index (χ0n) is 15.0. The maximum absolute atomic E-state index is 11.5. The Labute approximate surface area is 161 Å². The van der Waals surface area contributed by atoms with E-state index >= 15 is 0 Å². The number of hydrogen-bond acceptors (Lipinski definition) is 7. The van der Waals surface area contributed by atoms with Gasteiger partial charge in [0.05, 0.1) is 26.4 Å². The van der Waals surface area contributed by atoms with Crippen LogP contribution in [0.5, 0.6) is 11.5 Å². The van der Waals surface area contributed by atoms with Gasteiger partial charge in [0.15, 0.2) is 5.82 Å². The van der Waals surface area contributed by atoms with Crippen molar-refractivity contribution in [2.24, 2.45) is 0 Å². The van der Waals surface area contributed by atoms with Gasteiger partial charge in [-0.3, -0.25) is 5.10 Å². The Morgan fingerprint density at radius 3 is 2.67 bits per heavy atom. The van der Waals surface area contributed by atoms with E-state index in [0.29, 0.717) is 34.7 Å². The predicted molar refractivity (Wildman–Crippen MR) is 102 cm³/mol. The van der Waals surface area contributed by atoms with Gasteiger partial charge in [-0.2, -0.15) is 0 Å².